The Morgan fingerprint density at radius 2 is 1.74 bits per heavy atom. The summed E-state index contributed by atoms with van der Waals surface area (Å²) < 4.78 is 17.8. The van der Waals surface area contributed by atoms with Crippen LogP contribution in [0.2, 0.25) is 0 Å². The van der Waals surface area contributed by atoms with Crippen molar-refractivity contribution in [2.75, 3.05) is 24.2 Å². The summed E-state index contributed by atoms with van der Waals surface area (Å²) in [5.74, 6) is -1.15. The number of hydrogen-bond acceptors (Lipinski definition) is 8. The van der Waals surface area contributed by atoms with Gasteiger partial charge in [-0.3, -0.25) is 4.79 Å². The molecule has 11 heteroatoms. The molecule has 2 amide bonds. The predicted octanol–water partition coefficient (Wildman–Crippen LogP) is 5.15. The number of amides is 2. The standard InChI is InChI=1S/C31H34N2O8S/c1-3-39-27(35)16-32-31(38)33-23-8-6-7-22(15-23)30-40-25(18-42-26-10-5-4-9-24(26)29(36)37)19(2)28(41-30)21-13-11-20(17-34)12-14-21/h4-15,19,25,28,30,34H,3,16-18H2,1-2H3,(H,36,37)(H2,32,33,38). The SMILES string of the molecule is CCOC(=O)CNC(=O)Nc1cccc(C2OC(CSc3ccccc3C(=O)O)C(C)C(c3ccc(CO)cc3)O2)c1. The van der Waals surface area contributed by atoms with Gasteiger partial charge in [0.25, 0.3) is 0 Å². The van der Waals surface area contributed by atoms with Gasteiger partial charge in [-0.2, -0.15) is 0 Å². The van der Waals surface area contributed by atoms with Crippen molar-refractivity contribution in [3.63, 3.8) is 0 Å². The van der Waals surface area contributed by atoms with Crippen LogP contribution in [-0.2, 0) is 25.6 Å². The zero-order valence-corrected chi connectivity index (χ0v) is 24.1. The molecule has 0 aromatic heterocycles. The van der Waals surface area contributed by atoms with Crippen LogP contribution in [0.15, 0.2) is 77.7 Å². The number of anilines is 1. The zero-order valence-electron chi connectivity index (χ0n) is 23.3. The Hall–Kier alpha value is -3.90. The fourth-order valence-electron chi connectivity index (χ4n) is 4.55. The molecular weight excluding hydrogens is 560 g/mol. The molecule has 1 saturated heterocycles. The first-order valence-corrected chi connectivity index (χ1v) is 14.5. The van der Waals surface area contributed by atoms with Crippen molar-refractivity contribution in [1.82, 2.24) is 5.32 Å². The smallest absolute Gasteiger partial charge is 0.336 e. The lowest BCUT2D eigenvalue weighted by Gasteiger charge is -2.41. The van der Waals surface area contributed by atoms with E-state index in [2.05, 4.69) is 10.6 Å². The van der Waals surface area contributed by atoms with Gasteiger partial charge in [0.1, 0.15) is 6.54 Å². The molecule has 4 N–H and O–H groups in total. The highest BCUT2D eigenvalue weighted by Crippen LogP contribution is 2.43. The Morgan fingerprint density at radius 3 is 2.45 bits per heavy atom. The molecule has 1 aliphatic rings. The Kier molecular flexibility index (Phi) is 11.0. The Labute approximate surface area is 248 Å². The molecule has 4 atom stereocenters. The first-order valence-electron chi connectivity index (χ1n) is 13.5. The molecule has 1 heterocycles. The minimum Gasteiger partial charge on any atom is -0.478 e. The summed E-state index contributed by atoms with van der Waals surface area (Å²) >= 11 is 1.41. The third-order valence-corrected chi connectivity index (χ3v) is 7.92. The van der Waals surface area contributed by atoms with Gasteiger partial charge < -0.3 is 35.1 Å². The van der Waals surface area contributed by atoms with Crippen LogP contribution in [0.5, 0.6) is 0 Å². The van der Waals surface area contributed by atoms with Crippen molar-refractivity contribution in [2.45, 2.75) is 43.8 Å². The second-order valence-electron chi connectivity index (χ2n) is 9.67. The summed E-state index contributed by atoms with van der Waals surface area (Å²) in [6.07, 6.45) is -1.46. The molecule has 1 aliphatic heterocycles. The molecule has 0 radical (unpaired) electrons. The third-order valence-electron chi connectivity index (χ3n) is 6.76. The number of nitrogens with one attached hydrogen (secondary N) is 2. The predicted molar refractivity (Wildman–Crippen MR) is 157 cm³/mol. The van der Waals surface area contributed by atoms with E-state index >= 15 is 0 Å². The van der Waals surface area contributed by atoms with Gasteiger partial charge >= 0.3 is 18.0 Å². The van der Waals surface area contributed by atoms with Crippen LogP contribution in [0.25, 0.3) is 0 Å². The summed E-state index contributed by atoms with van der Waals surface area (Å²) in [5, 5.41) is 24.3. The largest absolute Gasteiger partial charge is 0.478 e. The van der Waals surface area contributed by atoms with Gasteiger partial charge in [0.05, 0.1) is 31.0 Å². The van der Waals surface area contributed by atoms with E-state index < -0.39 is 24.3 Å². The van der Waals surface area contributed by atoms with Crippen molar-refractivity contribution in [2.24, 2.45) is 5.92 Å². The zero-order chi connectivity index (χ0) is 30.1. The number of aliphatic hydroxyl groups excluding tert-OH is 1. The van der Waals surface area contributed by atoms with Crippen molar-refractivity contribution in [3.05, 3.63) is 95.1 Å². The summed E-state index contributed by atoms with van der Waals surface area (Å²) in [6.45, 7) is 3.62. The summed E-state index contributed by atoms with van der Waals surface area (Å²) in [5.41, 5.74) is 3.08. The first-order chi connectivity index (χ1) is 20.3. The molecule has 0 spiro atoms. The Bertz CT molecular complexity index is 1380. The van der Waals surface area contributed by atoms with E-state index in [0.717, 1.165) is 11.1 Å². The molecule has 222 valence electrons. The van der Waals surface area contributed by atoms with Gasteiger partial charge in [0, 0.05) is 27.8 Å². The van der Waals surface area contributed by atoms with Crippen LogP contribution >= 0.6 is 11.8 Å². The van der Waals surface area contributed by atoms with Crippen LogP contribution in [0.4, 0.5) is 10.5 Å². The normalized spacial score (nSPS) is 20.0. The van der Waals surface area contributed by atoms with Gasteiger partial charge in [-0.05, 0) is 42.3 Å². The van der Waals surface area contributed by atoms with Crippen molar-refractivity contribution >= 4 is 35.4 Å². The molecule has 4 unspecified atom stereocenters. The minimum atomic E-state index is -0.991. The molecule has 3 aromatic carbocycles. The fourth-order valence-corrected chi connectivity index (χ4v) is 5.77. The quantitative estimate of drug-likeness (QED) is 0.175. The highest BCUT2D eigenvalue weighted by Gasteiger charge is 2.38. The summed E-state index contributed by atoms with van der Waals surface area (Å²) in [6, 6.07) is 20.9. The minimum absolute atomic E-state index is 0.0670. The highest BCUT2D eigenvalue weighted by atomic mass is 32.2. The fraction of sp³-hybridized carbons (Fsp3) is 0.323. The number of ether oxygens (including phenoxy) is 3. The van der Waals surface area contributed by atoms with E-state index in [1.165, 1.54) is 11.8 Å². The molecule has 10 nitrogen and oxygen atoms in total. The lowest BCUT2D eigenvalue weighted by molar-refractivity contribution is -0.268. The number of hydrogen-bond donors (Lipinski definition) is 4. The molecular formula is C31H34N2O8S. The van der Waals surface area contributed by atoms with Crippen LogP contribution in [0, 0.1) is 5.92 Å². The molecule has 4 rings (SSSR count). The molecule has 0 saturated carbocycles. The maximum absolute atomic E-state index is 12.3. The molecule has 3 aromatic rings. The number of carbonyl (C=O) groups excluding carboxylic acids is 2. The van der Waals surface area contributed by atoms with E-state index in [-0.39, 0.29) is 43.4 Å². The highest BCUT2D eigenvalue weighted by molar-refractivity contribution is 7.99. The van der Waals surface area contributed by atoms with Gasteiger partial charge in [0.2, 0.25) is 0 Å². The molecule has 1 fully saturated rings. The van der Waals surface area contributed by atoms with Crippen LogP contribution < -0.4 is 10.6 Å². The van der Waals surface area contributed by atoms with Crippen molar-refractivity contribution in [1.29, 1.82) is 0 Å². The summed E-state index contributed by atoms with van der Waals surface area (Å²) in [4.78, 5) is 36.3. The number of carbonyl (C=O) groups is 3. The molecule has 0 aliphatic carbocycles. The Morgan fingerprint density at radius 1 is 0.976 bits per heavy atom. The van der Waals surface area contributed by atoms with Gasteiger partial charge in [0.15, 0.2) is 6.29 Å². The lowest BCUT2D eigenvalue weighted by atomic mass is 9.91. The second kappa shape index (κ2) is 14.8. The van der Waals surface area contributed by atoms with Crippen LogP contribution in [-0.4, -0.2) is 53.2 Å². The van der Waals surface area contributed by atoms with Crippen molar-refractivity contribution in [3.8, 4) is 0 Å². The average Bonchev–Trinajstić information content (AvgIpc) is 3.00. The number of carboxylic acids is 1. The lowest BCUT2D eigenvalue weighted by Crippen LogP contribution is -2.38. The van der Waals surface area contributed by atoms with Crippen molar-refractivity contribution < 1.29 is 38.8 Å². The Balaban J connectivity index is 1.54. The van der Waals surface area contributed by atoms with E-state index in [1.807, 2.05) is 37.3 Å². The van der Waals surface area contributed by atoms with Gasteiger partial charge in [-0.15, -0.1) is 11.8 Å². The average molecular weight is 595 g/mol. The number of rotatable bonds is 11. The molecule has 0 bridgehead atoms. The van der Waals surface area contributed by atoms with Gasteiger partial charge in [-0.25, -0.2) is 9.59 Å². The molecule has 42 heavy (non-hydrogen) atoms. The second-order valence-corrected chi connectivity index (χ2v) is 10.7. The van der Waals surface area contributed by atoms with E-state index in [4.69, 9.17) is 14.2 Å². The monoisotopic (exact) mass is 594 g/mol. The van der Waals surface area contributed by atoms with E-state index in [1.54, 1.807) is 49.4 Å². The maximum Gasteiger partial charge on any atom is 0.336 e. The van der Waals surface area contributed by atoms with E-state index in [9.17, 15) is 24.6 Å². The van der Waals surface area contributed by atoms with Gasteiger partial charge in [-0.1, -0.05) is 55.5 Å². The number of benzene rings is 3. The first kappa shape index (κ1) is 31.0. The maximum atomic E-state index is 12.3. The number of carboxylic acid groups (broad SMARTS) is 1. The number of aliphatic hydroxyl groups is 1. The number of esters is 1. The number of thioether (sulfide) groups is 1. The van der Waals surface area contributed by atoms with Crippen LogP contribution in [0.1, 0.15) is 53.3 Å². The van der Waals surface area contributed by atoms with Crippen LogP contribution in [0.3, 0.4) is 0 Å². The number of urea groups is 1. The number of aromatic carboxylic acids is 1. The third kappa shape index (κ3) is 8.10. The summed E-state index contributed by atoms with van der Waals surface area (Å²) in [7, 11) is 0. The topological polar surface area (TPSA) is 143 Å². The van der Waals surface area contributed by atoms with E-state index in [0.29, 0.717) is 21.9 Å².